The molecule has 3 nitrogen and oxygen atoms in total. The van der Waals surface area contributed by atoms with Gasteiger partial charge in [-0.1, -0.05) is 55.5 Å². The van der Waals surface area contributed by atoms with E-state index in [1.807, 2.05) is 24.3 Å². The van der Waals surface area contributed by atoms with Crippen molar-refractivity contribution in [1.29, 1.82) is 0 Å². The Morgan fingerprint density at radius 1 is 0.792 bits per heavy atom. The highest BCUT2D eigenvalue weighted by Gasteiger charge is 2.14. The summed E-state index contributed by atoms with van der Waals surface area (Å²) in [6.45, 7) is 5.32. The Kier molecular flexibility index (Phi) is 5.21. The number of hydrogen-bond acceptors (Lipinski definition) is 3. The zero-order valence-corrected chi connectivity index (χ0v) is 14.5. The summed E-state index contributed by atoms with van der Waals surface area (Å²) in [5.41, 5.74) is 0. The lowest BCUT2D eigenvalue weighted by Gasteiger charge is -2.17. The fraction of sp³-hybridized carbons (Fsp3) is 0.333. The van der Waals surface area contributed by atoms with Crippen LogP contribution in [0.3, 0.4) is 0 Å². The first kappa shape index (κ1) is 16.6. The van der Waals surface area contributed by atoms with Crippen molar-refractivity contribution in [2.75, 3.05) is 20.3 Å². The molecule has 0 radical (unpaired) electrons. The Morgan fingerprint density at radius 2 is 1.29 bits per heavy atom. The highest BCUT2D eigenvalue weighted by Crippen LogP contribution is 2.42. The molecule has 1 unspecified atom stereocenters. The standard InChI is InChI=1S/C21H24O3/c1-4-15(2)23-13-14-24-21-18-11-7-5-9-16(18)20(22-3)17-10-6-8-12-19(17)21/h5-12,15H,4,13-14H2,1-3H3. The van der Waals surface area contributed by atoms with Gasteiger partial charge >= 0.3 is 0 Å². The highest BCUT2D eigenvalue weighted by molar-refractivity contribution is 6.11. The van der Waals surface area contributed by atoms with Crippen molar-refractivity contribution >= 4 is 21.5 Å². The second kappa shape index (κ2) is 7.54. The minimum absolute atomic E-state index is 0.262. The van der Waals surface area contributed by atoms with Crippen molar-refractivity contribution in [3.8, 4) is 11.5 Å². The Bertz CT molecular complexity index is 769. The van der Waals surface area contributed by atoms with Crippen LogP contribution in [-0.4, -0.2) is 26.4 Å². The molecule has 0 aliphatic carbocycles. The second-order valence-corrected chi connectivity index (χ2v) is 5.89. The van der Waals surface area contributed by atoms with E-state index in [9.17, 15) is 0 Å². The van der Waals surface area contributed by atoms with Crippen LogP contribution in [0.5, 0.6) is 11.5 Å². The Labute approximate surface area is 143 Å². The third-order valence-corrected chi connectivity index (χ3v) is 4.34. The molecule has 0 N–H and O–H groups in total. The monoisotopic (exact) mass is 324 g/mol. The molecule has 0 fully saturated rings. The van der Waals surface area contributed by atoms with Gasteiger partial charge in [0.15, 0.2) is 0 Å². The maximum Gasteiger partial charge on any atom is 0.135 e. The molecule has 3 rings (SSSR count). The van der Waals surface area contributed by atoms with E-state index in [4.69, 9.17) is 14.2 Å². The van der Waals surface area contributed by atoms with E-state index in [1.165, 1.54) is 0 Å². The molecule has 0 spiro atoms. The summed E-state index contributed by atoms with van der Waals surface area (Å²) < 4.78 is 17.6. The number of rotatable bonds is 7. The van der Waals surface area contributed by atoms with Gasteiger partial charge in [0.1, 0.15) is 18.1 Å². The van der Waals surface area contributed by atoms with Crippen LogP contribution in [-0.2, 0) is 4.74 Å². The topological polar surface area (TPSA) is 27.7 Å². The zero-order chi connectivity index (χ0) is 16.9. The smallest absolute Gasteiger partial charge is 0.135 e. The molecule has 0 saturated heterocycles. The van der Waals surface area contributed by atoms with Crippen LogP contribution in [0.25, 0.3) is 21.5 Å². The average Bonchev–Trinajstić information content (AvgIpc) is 2.64. The molecule has 0 aliphatic heterocycles. The number of hydrogen-bond donors (Lipinski definition) is 0. The van der Waals surface area contributed by atoms with Gasteiger partial charge in [-0.25, -0.2) is 0 Å². The van der Waals surface area contributed by atoms with E-state index >= 15 is 0 Å². The summed E-state index contributed by atoms with van der Waals surface area (Å²) in [5.74, 6) is 1.79. The Hall–Kier alpha value is -2.26. The fourth-order valence-corrected chi connectivity index (χ4v) is 2.93. The summed E-state index contributed by atoms with van der Waals surface area (Å²) in [7, 11) is 1.72. The maximum absolute atomic E-state index is 6.15. The molecule has 0 aliphatic rings. The number of benzene rings is 3. The fourth-order valence-electron chi connectivity index (χ4n) is 2.93. The van der Waals surface area contributed by atoms with Crippen molar-refractivity contribution in [1.82, 2.24) is 0 Å². The number of methoxy groups -OCH3 is 1. The van der Waals surface area contributed by atoms with Gasteiger partial charge < -0.3 is 14.2 Å². The van der Waals surface area contributed by atoms with E-state index in [0.717, 1.165) is 39.5 Å². The summed E-state index contributed by atoms with van der Waals surface area (Å²) in [4.78, 5) is 0. The lowest BCUT2D eigenvalue weighted by Crippen LogP contribution is -2.13. The molecule has 0 amide bonds. The zero-order valence-electron chi connectivity index (χ0n) is 14.5. The number of fused-ring (bicyclic) bond motifs is 2. The summed E-state index contributed by atoms with van der Waals surface area (Å²) in [6, 6.07) is 16.4. The molecule has 0 saturated carbocycles. The van der Waals surface area contributed by atoms with Gasteiger partial charge in [-0.3, -0.25) is 0 Å². The maximum atomic E-state index is 6.15. The summed E-state index contributed by atoms with van der Waals surface area (Å²) in [5, 5.41) is 4.27. The van der Waals surface area contributed by atoms with Crippen LogP contribution in [0.1, 0.15) is 20.3 Å². The van der Waals surface area contributed by atoms with Crippen molar-refractivity contribution in [3.05, 3.63) is 48.5 Å². The average molecular weight is 324 g/mol. The molecular weight excluding hydrogens is 300 g/mol. The Balaban J connectivity index is 2.01. The molecule has 126 valence electrons. The minimum Gasteiger partial charge on any atom is -0.495 e. The van der Waals surface area contributed by atoms with E-state index in [1.54, 1.807) is 7.11 Å². The normalized spacial score (nSPS) is 12.5. The lowest BCUT2D eigenvalue weighted by atomic mass is 10.0. The van der Waals surface area contributed by atoms with Gasteiger partial charge in [0.05, 0.1) is 19.8 Å². The molecule has 3 aromatic rings. The molecule has 24 heavy (non-hydrogen) atoms. The quantitative estimate of drug-likeness (QED) is 0.442. The van der Waals surface area contributed by atoms with Crippen LogP contribution < -0.4 is 9.47 Å². The van der Waals surface area contributed by atoms with Crippen molar-refractivity contribution < 1.29 is 14.2 Å². The van der Waals surface area contributed by atoms with Gasteiger partial charge in [-0.15, -0.1) is 0 Å². The second-order valence-electron chi connectivity index (χ2n) is 5.89. The van der Waals surface area contributed by atoms with Gasteiger partial charge in [-0.2, -0.15) is 0 Å². The van der Waals surface area contributed by atoms with Crippen molar-refractivity contribution in [2.24, 2.45) is 0 Å². The van der Waals surface area contributed by atoms with Gasteiger partial charge in [0.2, 0.25) is 0 Å². The van der Waals surface area contributed by atoms with Crippen molar-refractivity contribution in [3.63, 3.8) is 0 Å². The summed E-state index contributed by atoms with van der Waals surface area (Å²) >= 11 is 0. The van der Waals surface area contributed by atoms with Crippen molar-refractivity contribution in [2.45, 2.75) is 26.4 Å². The third kappa shape index (κ3) is 3.17. The van der Waals surface area contributed by atoms with Crippen LogP contribution in [0.4, 0.5) is 0 Å². The van der Waals surface area contributed by atoms with E-state index in [2.05, 4.69) is 38.1 Å². The predicted molar refractivity (Wildman–Crippen MR) is 99.2 cm³/mol. The largest absolute Gasteiger partial charge is 0.495 e. The molecule has 3 heteroatoms. The van der Waals surface area contributed by atoms with Crippen LogP contribution in [0.2, 0.25) is 0 Å². The summed E-state index contributed by atoms with van der Waals surface area (Å²) in [6.07, 6.45) is 1.27. The van der Waals surface area contributed by atoms with Crippen LogP contribution in [0.15, 0.2) is 48.5 Å². The Morgan fingerprint density at radius 3 is 1.75 bits per heavy atom. The van der Waals surface area contributed by atoms with E-state index in [-0.39, 0.29) is 6.10 Å². The molecule has 3 aromatic carbocycles. The predicted octanol–water partition coefficient (Wildman–Crippen LogP) is 5.20. The molecule has 1 atom stereocenters. The van der Waals surface area contributed by atoms with Crippen LogP contribution in [0, 0.1) is 0 Å². The highest BCUT2D eigenvalue weighted by atomic mass is 16.5. The molecular formula is C21H24O3. The first-order chi connectivity index (χ1) is 11.8. The van der Waals surface area contributed by atoms with Crippen LogP contribution >= 0.6 is 0 Å². The first-order valence-electron chi connectivity index (χ1n) is 8.48. The van der Waals surface area contributed by atoms with E-state index in [0.29, 0.717) is 13.2 Å². The van der Waals surface area contributed by atoms with Gasteiger partial charge in [0.25, 0.3) is 0 Å². The number of ether oxygens (including phenoxy) is 3. The molecule has 0 heterocycles. The molecule has 0 bridgehead atoms. The third-order valence-electron chi connectivity index (χ3n) is 4.34. The van der Waals surface area contributed by atoms with E-state index < -0.39 is 0 Å². The molecule has 0 aromatic heterocycles. The first-order valence-corrected chi connectivity index (χ1v) is 8.48. The van der Waals surface area contributed by atoms with Gasteiger partial charge in [-0.05, 0) is 13.3 Å². The SMILES string of the molecule is CCC(C)OCCOc1c2ccccc2c(OC)c2ccccc12. The van der Waals surface area contributed by atoms with Gasteiger partial charge in [0, 0.05) is 21.5 Å². The minimum atomic E-state index is 0.262. The lowest BCUT2D eigenvalue weighted by molar-refractivity contribution is 0.0432.